The molecular weight excluding hydrogens is 130 g/mol. The summed E-state index contributed by atoms with van der Waals surface area (Å²) < 4.78 is 0. The summed E-state index contributed by atoms with van der Waals surface area (Å²) in [5.41, 5.74) is 0. The minimum atomic E-state index is 0. The highest BCUT2D eigenvalue weighted by atomic mass is 27.0. The van der Waals surface area contributed by atoms with Gasteiger partial charge in [-0.15, -0.1) is 0 Å². The van der Waals surface area contributed by atoms with Crippen LogP contribution in [0, 0.1) is 0 Å². The van der Waals surface area contributed by atoms with Crippen LogP contribution in [-0.4, -0.2) is 98.2 Å². The summed E-state index contributed by atoms with van der Waals surface area (Å²) in [6.07, 6.45) is 0. The van der Waals surface area contributed by atoms with Gasteiger partial charge in [-0.2, -0.15) is 0 Å². The van der Waals surface area contributed by atoms with E-state index in [1.54, 1.807) is 0 Å². The van der Waals surface area contributed by atoms with Crippen LogP contribution in [0.5, 0.6) is 0 Å². The lowest BCUT2D eigenvalue weighted by Gasteiger charge is 0.186. The van der Waals surface area contributed by atoms with E-state index >= 15 is 0 Å². The van der Waals surface area contributed by atoms with Crippen LogP contribution in [0.1, 0.15) is 0 Å². The first kappa shape index (κ1) is 42.2. The Labute approximate surface area is 96.5 Å². The van der Waals surface area contributed by atoms with Crippen molar-refractivity contribution in [2.75, 3.05) is 0 Å². The molecule has 0 spiro atoms. The van der Waals surface area contributed by atoms with Gasteiger partial charge in [0.15, 0.2) is 52.1 Å². The normalized spacial score (nSPS) is 0. The van der Waals surface area contributed by atoms with E-state index in [4.69, 9.17) is 0 Å². The summed E-state index contributed by atoms with van der Waals surface area (Å²) >= 11 is 0. The maximum atomic E-state index is 0. The zero-order valence-corrected chi connectivity index (χ0v) is 0. The van der Waals surface area contributed by atoms with Gasteiger partial charge in [-0.25, -0.2) is 0 Å². The Bertz CT molecular complexity index is 4.85. The molecule has 0 aliphatic rings. The molecule has 0 unspecified atom stereocenters. The summed E-state index contributed by atoms with van der Waals surface area (Å²) in [6.45, 7) is 0. The fraction of sp³-hybridized carbons (Fsp3) is 0. The van der Waals surface area contributed by atoms with Crippen LogP contribution in [-0.2, 0) is 0 Å². The zero-order valence-electron chi connectivity index (χ0n) is 0. The zero-order chi connectivity index (χ0) is 0. The SMILES string of the molecule is [AlH3].[AlH3].[AlH3].[MgH2].[MgH2]. The predicted molar refractivity (Wildman–Crippen MR) is 46.9 cm³/mol. The molecule has 0 nitrogen and oxygen atoms in total. The molecule has 0 bridgehead atoms. The molecule has 0 amide bonds. The topological polar surface area (TPSA) is 0 Å². The number of rotatable bonds is 0. The molecule has 0 radical (unpaired) electrons. The van der Waals surface area contributed by atoms with Crippen molar-refractivity contribution in [3.8, 4) is 0 Å². The Morgan fingerprint density at radius 1 is 0.400 bits per heavy atom. The first-order valence-electron chi connectivity index (χ1n) is 0. The molecule has 26 valence electrons. The molecule has 0 heterocycles. The highest BCUT2D eigenvalue weighted by Gasteiger charge is 0.317. The van der Waals surface area contributed by atoms with Crippen molar-refractivity contribution in [3.05, 3.63) is 0 Å². The van der Waals surface area contributed by atoms with E-state index in [-0.39, 0.29) is 98.2 Å². The van der Waals surface area contributed by atoms with Gasteiger partial charge in [-0.05, 0) is 0 Å². The van der Waals surface area contributed by atoms with Crippen molar-refractivity contribution in [1.29, 1.82) is 0 Å². The lowest BCUT2D eigenvalue weighted by atomic mass is 24.3. The second kappa shape index (κ2) is 27.3. The summed E-state index contributed by atoms with van der Waals surface area (Å²) in [5, 5.41) is 0. The molecule has 0 fully saturated rings. The van der Waals surface area contributed by atoms with Gasteiger partial charge >= 0.3 is 46.1 Å². The quantitative estimate of drug-likeness (QED) is 0.297. The standard InChI is InChI=1S/3Al.2Mg.13H. The average Bonchev–Trinajstić information content (AvgIpc) is 0. The van der Waals surface area contributed by atoms with Crippen LogP contribution in [0.15, 0.2) is 0 Å². The van der Waals surface area contributed by atoms with Crippen molar-refractivity contribution >= 4 is 98.2 Å². The first-order valence-corrected chi connectivity index (χ1v) is 0. The van der Waals surface area contributed by atoms with Crippen LogP contribution < -0.4 is 0 Å². The summed E-state index contributed by atoms with van der Waals surface area (Å²) in [4.78, 5) is 0. The van der Waals surface area contributed by atoms with Gasteiger partial charge in [-0.1, -0.05) is 0 Å². The fourth-order valence-corrected chi connectivity index (χ4v) is 0. The molecule has 0 N–H and O–H groups in total. The van der Waals surface area contributed by atoms with Gasteiger partial charge in [0.25, 0.3) is 0 Å². The maximum Gasteiger partial charge on any atom is 0.316 e. The Morgan fingerprint density at radius 3 is 0.400 bits per heavy atom. The minimum Gasteiger partial charge on any atom is 0.187 e. The highest BCUT2D eigenvalue weighted by Crippen LogP contribution is -0.377. The molecule has 0 aromatic rings. The molecule has 5 heavy (non-hydrogen) atoms. The Morgan fingerprint density at radius 2 is 0.400 bits per heavy atom. The summed E-state index contributed by atoms with van der Waals surface area (Å²) in [7, 11) is 0. The van der Waals surface area contributed by atoms with E-state index in [1.807, 2.05) is 0 Å². The van der Waals surface area contributed by atoms with E-state index in [9.17, 15) is 0 Å². The first-order chi connectivity index (χ1) is 0. The molecule has 0 aliphatic carbocycles. The van der Waals surface area contributed by atoms with Gasteiger partial charge in [-0.3, -0.25) is 0 Å². The molecule has 0 rings (SSSR count). The van der Waals surface area contributed by atoms with Crippen molar-refractivity contribution in [2.24, 2.45) is 0 Å². The summed E-state index contributed by atoms with van der Waals surface area (Å²) in [5.74, 6) is 0. The largest absolute Gasteiger partial charge is 0.316 e. The molecule has 0 saturated carbocycles. The third kappa shape index (κ3) is 19.2. The van der Waals surface area contributed by atoms with Crippen molar-refractivity contribution in [1.82, 2.24) is 0 Å². The van der Waals surface area contributed by atoms with Crippen molar-refractivity contribution in [3.63, 3.8) is 0 Å². The molecule has 0 aromatic heterocycles. The highest BCUT2D eigenvalue weighted by molar-refractivity contribution is 5.76. The third-order valence-corrected chi connectivity index (χ3v) is 0. The van der Waals surface area contributed by atoms with Crippen LogP contribution in [0.4, 0.5) is 0 Å². The van der Waals surface area contributed by atoms with Crippen LogP contribution >= 0.6 is 0 Å². The van der Waals surface area contributed by atoms with Gasteiger partial charge < -0.3 is 0 Å². The minimum absolute atomic E-state index is 0. The monoisotopic (exact) mass is 142 g/mol. The Balaban J connectivity index is 0. The van der Waals surface area contributed by atoms with Gasteiger partial charge in [0, 0.05) is 0 Å². The second-order valence-corrected chi connectivity index (χ2v) is 0. The van der Waals surface area contributed by atoms with E-state index in [2.05, 4.69) is 0 Å². The van der Waals surface area contributed by atoms with E-state index in [0.29, 0.717) is 0 Å². The molecule has 0 atom stereocenters. The molecule has 5 heteroatoms. The molecular formula is H13Al3Mg2. The molecule has 0 aromatic carbocycles. The second-order valence-electron chi connectivity index (χ2n) is 0. The number of hydrogen-bond donors (Lipinski definition) is 0. The Kier molecular flexibility index (Phi) is 231. The van der Waals surface area contributed by atoms with Gasteiger partial charge in [0.05, 0.1) is 0 Å². The smallest absolute Gasteiger partial charge is 0.187 e. The van der Waals surface area contributed by atoms with Crippen LogP contribution in [0.25, 0.3) is 0 Å². The van der Waals surface area contributed by atoms with Crippen LogP contribution in [0.3, 0.4) is 0 Å². The predicted octanol–water partition coefficient (Wildman–Crippen LogP) is -5.38. The van der Waals surface area contributed by atoms with E-state index < -0.39 is 0 Å². The van der Waals surface area contributed by atoms with E-state index in [0.717, 1.165) is 0 Å². The lowest BCUT2D eigenvalue weighted by Crippen LogP contribution is -0.382. The fourth-order valence-electron chi connectivity index (χ4n) is 0. The Hall–Kier alpha value is 3.13. The van der Waals surface area contributed by atoms with Crippen molar-refractivity contribution < 1.29 is 0 Å². The third-order valence-electron chi connectivity index (χ3n) is 0. The number of hydrogen-bond acceptors (Lipinski definition) is 0. The lowest BCUT2D eigenvalue weighted by molar-refractivity contribution is 5.75. The van der Waals surface area contributed by atoms with Crippen LogP contribution in [0.2, 0.25) is 0 Å². The average molecular weight is 143 g/mol. The maximum absolute atomic E-state index is 0. The molecule has 0 saturated heterocycles. The van der Waals surface area contributed by atoms with E-state index in [1.165, 1.54) is 0 Å². The van der Waals surface area contributed by atoms with Gasteiger partial charge in [0.1, 0.15) is 0 Å². The van der Waals surface area contributed by atoms with Crippen molar-refractivity contribution in [2.45, 2.75) is 0 Å². The van der Waals surface area contributed by atoms with Gasteiger partial charge in [0.2, 0.25) is 0 Å². The molecule has 0 aliphatic heterocycles. The summed E-state index contributed by atoms with van der Waals surface area (Å²) in [6, 6.07) is 0.